The number of ether oxygens (including phenoxy) is 4. The van der Waals surface area contributed by atoms with Gasteiger partial charge in [0, 0.05) is 25.7 Å². The fourth-order valence-corrected chi connectivity index (χ4v) is 14.8. The van der Waals surface area contributed by atoms with Gasteiger partial charge in [-0.1, -0.05) is 401 Å². The van der Waals surface area contributed by atoms with Crippen molar-refractivity contribution in [3.05, 3.63) is 0 Å². The molecule has 0 radical (unpaired) electrons. The molecule has 0 aliphatic rings. The van der Waals surface area contributed by atoms with E-state index in [1.165, 1.54) is 270 Å². The largest absolute Gasteiger partial charge is 0.472 e. The number of carbonyl (C=O) groups excluding carboxylic acids is 4. The molecule has 0 spiro atoms. The minimum atomic E-state index is -4.97. The highest BCUT2D eigenvalue weighted by molar-refractivity contribution is 7.47. The van der Waals surface area contributed by atoms with E-state index in [-0.39, 0.29) is 25.7 Å². The summed E-state index contributed by atoms with van der Waals surface area (Å²) < 4.78 is 68.9. The van der Waals surface area contributed by atoms with E-state index in [9.17, 15) is 43.2 Å². The van der Waals surface area contributed by atoms with Gasteiger partial charge in [-0.05, 0) is 37.5 Å². The van der Waals surface area contributed by atoms with E-state index in [4.69, 9.17) is 37.0 Å². The van der Waals surface area contributed by atoms with Crippen LogP contribution in [0.15, 0.2) is 0 Å². The zero-order chi connectivity index (χ0) is 76.4. The second kappa shape index (κ2) is 76.4. The summed E-state index contributed by atoms with van der Waals surface area (Å²) in [5.41, 5.74) is 0. The summed E-state index contributed by atoms with van der Waals surface area (Å²) in [6.07, 6.45) is 68.0. The Morgan fingerprint density at radius 2 is 0.442 bits per heavy atom. The molecule has 0 heterocycles. The van der Waals surface area contributed by atoms with E-state index in [1.807, 2.05) is 0 Å². The summed E-state index contributed by atoms with van der Waals surface area (Å²) in [6, 6.07) is 0. The number of aliphatic hydroxyl groups is 1. The van der Waals surface area contributed by atoms with Gasteiger partial charge >= 0.3 is 39.5 Å². The Morgan fingerprint density at radius 1 is 0.260 bits per heavy atom. The molecule has 0 aromatic rings. The number of phosphoric acid groups is 2. The minimum absolute atomic E-state index is 0.107. The van der Waals surface area contributed by atoms with Gasteiger partial charge in [-0.2, -0.15) is 0 Å². The molecular weight excluding hydrogens is 1350 g/mol. The molecule has 0 aliphatic carbocycles. The zero-order valence-corrected chi connectivity index (χ0v) is 70.1. The van der Waals surface area contributed by atoms with Crippen molar-refractivity contribution in [3.8, 4) is 0 Å². The van der Waals surface area contributed by atoms with E-state index < -0.39 is 97.5 Å². The van der Waals surface area contributed by atoms with Gasteiger partial charge in [0.1, 0.15) is 19.3 Å². The van der Waals surface area contributed by atoms with Gasteiger partial charge in [-0.15, -0.1) is 0 Å². The van der Waals surface area contributed by atoms with Crippen LogP contribution in [0.5, 0.6) is 0 Å². The third kappa shape index (κ3) is 78.2. The highest BCUT2D eigenvalue weighted by atomic mass is 31.2. The molecule has 0 saturated heterocycles. The average Bonchev–Trinajstić information content (AvgIpc) is 0.906. The van der Waals surface area contributed by atoms with Gasteiger partial charge in [0.15, 0.2) is 12.2 Å². The predicted molar refractivity (Wildman–Crippen MR) is 428 cm³/mol. The molecule has 104 heavy (non-hydrogen) atoms. The highest BCUT2D eigenvalue weighted by Crippen LogP contribution is 2.45. The van der Waals surface area contributed by atoms with E-state index in [0.29, 0.717) is 25.7 Å². The lowest BCUT2D eigenvalue weighted by molar-refractivity contribution is -0.161. The van der Waals surface area contributed by atoms with Crippen molar-refractivity contribution in [3.63, 3.8) is 0 Å². The number of unbranched alkanes of at least 4 members (excludes halogenated alkanes) is 54. The summed E-state index contributed by atoms with van der Waals surface area (Å²) in [5, 5.41) is 10.7. The maximum Gasteiger partial charge on any atom is 0.472 e. The smallest absolute Gasteiger partial charge is 0.462 e. The minimum Gasteiger partial charge on any atom is -0.462 e. The van der Waals surface area contributed by atoms with Crippen molar-refractivity contribution in [2.24, 2.45) is 11.8 Å². The van der Waals surface area contributed by atoms with Crippen LogP contribution in [0.4, 0.5) is 0 Å². The Bertz CT molecular complexity index is 1990. The van der Waals surface area contributed by atoms with Crippen molar-refractivity contribution in [2.45, 2.75) is 471 Å². The maximum absolute atomic E-state index is 13.1. The molecule has 19 heteroatoms. The molecule has 17 nitrogen and oxygen atoms in total. The first-order chi connectivity index (χ1) is 50.4. The Kier molecular flexibility index (Phi) is 75.0. The maximum atomic E-state index is 13.1. The van der Waals surface area contributed by atoms with Crippen LogP contribution >= 0.6 is 15.6 Å². The normalized spacial score (nSPS) is 13.8. The first-order valence-corrected chi connectivity index (χ1v) is 47.0. The second-order valence-corrected chi connectivity index (χ2v) is 34.4. The summed E-state index contributed by atoms with van der Waals surface area (Å²) in [7, 11) is -9.93. The van der Waals surface area contributed by atoms with Crippen LogP contribution in [0, 0.1) is 11.8 Å². The molecule has 0 amide bonds. The Balaban J connectivity index is 5.25. The molecule has 3 N–H and O–H groups in total. The molecule has 0 aromatic heterocycles. The van der Waals surface area contributed by atoms with Crippen LogP contribution < -0.4 is 0 Å². The topological polar surface area (TPSA) is 237 Å². The van der Waals surface area contributed by atoms with Gasteiger partial charge in [0.25, 0.3) is 0 Å². The molecule has 618 valence electrons. The summed E-state index contributed by atoms with van der Waals surface area (Å²) in [6.45, 7) is 9.69. The summed E-state index contributed by atoms with van der Waals surface area (Å²) in [4.78, 5) is 73.2. The molecule has 2 unspecified atom stereocenters. The zero-order valence-electron chi connectivity index (χ0n) is 68.3. The van der Waals surface area contributed by atoms with Crippen molar-refractivity contribution in [1.29, 1.82) is 0 Å². The van der Waals surface area contributed by atoms with E-state index in [1.54, 1.807) is 0 Å². The van der Waals surface area contributed by atoms with Crippen LogP contribution in [0.25, 0.3) is 0 Å². The van der Waals surface area contributed by atoms with Crippen molar-refractivity contribution < 1.29 is 80.2 Å². The molecule has 0 aliphatic heterocycles. The first kappa shape index (κ1) is 102. The highest BCUT2D eigenvalue weighted by Gasteiger charge is 2.30. The summed E-state index contributed by atoms with van der Waals surface area (Å²) >= 11 is 0. The fourth-order valence-electron chi connectivity index (χ4n) is 13.2. The molecule has 0 aromatic carbocycles. The molecule has 0 saturated carbocycles. The van der Waals surface area contributed by atoms with Gasteiger partial charge in [-0.25, -0.2) is 9.13 Å². The average molecular weight is 1520 g/mol. The Hall–Kier alpha value is -1.94. The molecule has 0 fully saturated rings. The predicted octanol–water partition coefficient (Wildman–Crippen LogP) is 25.8. The Labute approximate surface area is 638 Å². The third-order valence-corrected chi connectivity index (χ3v) is 21.9. The van der Waals surface area contributed by atoms with E-state index >= 15 is 0 Å². The Morgan fingerprint density at radius 3 is 0.654 bits per heavy atom. The van der Waals surface area contributed by atoms with E-state index in [0.717, 1.165) is 102 Å². The number of hydrogen-bond donors (Lipinski definition) is 3. The fraction of sp³-hybridized carbons (Fsp3) is 0.953. The number of rotatable bonds is 84. The molecular formula is C85H166O17P2. The van der Waals surface area contributed by atoms with Crippen LogP contribution in [0.1, 0.15) is 452 Å². The molecule has 0 rings (SSSR count). The number of hydrogen-bond acceptors (Lipinski definition) is 15. The van der Waals surface area contributed by atoms with Crippen LogP contribution in [0.2, 0.25) is 0 Å². The first-order valence-electron chi connectivity index (χ1n) is 44.0. The van der Waals surface area contributed by atoms with Crippen molar-refractivity contribution >= 4 is 39.5 Å². The van der Waals surface area contributed by atoms with Crippen LogP contribution in [0.3, 0.4) is 0 Å². The summed E-state index contributed by atoms with van der Waals surface area (Å²) in [5.74, 6) is -0.541. The van der Waals surface area contributed by atoms with E-state index in [2.05, 4.69) is 41.5 Å². The standard InChI is InChI=1S/C85H166O17P2/c1-7-9-11-13-15-17-19-21-22-23-24-25-29-33-37-44-50-56-62-68-83(88)96-73-80(101-84(89)69-63-57-51-45-38-34-30-27-26-28-32-35-41-47-53-59-65-77(3)4)75-99-103(91,92)97-71-79(86)72-98-104(93,94)100-76-81(102-85(90)70-64-58-52-46-40-39-42-48-54-60-66-78(5)6)74-95-82(87)67-61-55-49-43-36-31-20-18-16-14-12-10-8-2/h77-81,86H,7-76H2,1-6H3,(H,91,92)(H,93,94)/t79-,80-,81-/m1/s1. The number of phosphoric ester groups is 2. The lowest BCUT2D eigenvalue weighted by atomic mass is 10.0. The van der Waals surface area contributed by atoms with Gasteiger partial charge in [0.05, 0.1) is 26.4 Å². The lowest BCUT2D eigenvalue weighted by Crippen LogP contribution is -2.30. The third-order valence-electron chi connectivity index (χ3n) is 20.0. The monoisotopic (exact) mass is 1520 g/mol. The molecule has 0 bridgehead atoms. The lowest BCUT2D eigenvalue weighted by Gasteiger charge is -2.21. The van der Waals surface area contributed by atoms with Gasteiger partial charge in [0.2, 0.25) is 0 Å². The SMILES string of the molecule is CCCCCCCCCCCCCCCCCCCCCC(=O)OC[C@H](COP(=O)(O)OC[C@@H](O)COP(=O)(O)OC[C@@H](COC(=O)CCCCCCCCCCCCCCC)OC(=O)CCCCCCCCCCCCC(C)C)OC(=O)CCCCCCCCCCCCCCCCCCC(C)C. The number of esters is 4. The van der Waals surface area contributed by atoms with Crippen molar-refractivity contribution in [2.75, 3.05) is 39.6 Å². The second-order valence-electron chi connectivity index (χ2n) is 31.5. The number of carbonyl (C=O) groups is 4. The quantitative estimate of drug-likeness (QED) is 0.0222. The van der Waals surface area contributed by atoms with Gasteiger partial charge in [-0.3, -0.25) is 37.3 Å². The van der Waals surface area contributed by atoms with Gasteiger partial charge < -0.3 is 33.8 Å². The van der Waals surface area contributed by atoms with Crippen LogP contribution in [-0.2, 0) is 65.4 Å². The number of aliphatic hydroxyl groups excluding tert-OH is 1. The molecule has 5 atom stereocenters. The van der Waals surface area contributed by atoms with Crippen molar-refractivity contribution in [1.82, 2.24) is 0 Å². The van der Waals surface area contributed by atoms with Crippen LogP contribution in [-0.4, -0.2) is 96.7 Å².